The van der Waals surface area contributed by atoms with Crippen molar-refractivity contribution in [3.63, 3.8) is 0 Å². The molecule has 2 rings (SSSR count). The molecular formula is C12H14N4O. The van der Waals surface area contributed by atoms with Gasteiger partial charge in [-0.2, -0.15) is 10.2 Å². The fraction of sp³-hybridized carbons (Fsp3) is 0.250. The molecule has 0 N–H and O–H groups in total. The Hall–Kier alpha value is -2.17. The van der Waals surface area contributed by atoms with E-state index in [2.05, 4.69) is 10.2 Å². The topological polar surface area (TPSA) is 52.7 Å². The van der Waals surface area contributed by atoms with Gasteiger partial charge in [-0.15, -0.1) is 0 Å². The van der Waals surface area contributed by atoms with Gasteiger partial charge in [-0.05, 0) is 31.2 Å². The van der Waals surface area contributed by atoms with Crippen molar-refractivity contribution >= 4 is 11.9 Å². The van der Waals surface area contributed by atoms with Crippen LogP contribution in [-0.2, 0) is 14.1 Å². The number of aromatic nitrogens is 4. The van der Waals surface area contributed by atoms with Crippen LogP contribution in [0, 0.1) is 6.92 Å². The first-order valence-corrected chi connectivity index (χ1v) is 5.29. The Morgan fingerprint density at radius 3 is 2.65 bits per heavy atom. The Labute approximate surface area is 99.4 Å². The summed E-state index contributed by atoms with van der Waals surface area (Å²) in [7, 11) is 3.60. The molecule has 2 aromatic heterocycles. The molecule has 0 fully saturated rings. The molecule has 2 aromatic rings. The van der Waals surface area contributed by atoms with Gasteiger partial charge in [0.05, 0.1) is 11.4 Å². The van der Waals surface area contributed by atoms with E-state index in [9.17, 15) is 4.79 Å². The highest BCUT2D eigenvalue weighted by atomic mass is 16.1. The third-order valence-corrected chi connectivity index (χ3v) is 2.39. The SMILES string of the molecule is Cc1cc(C(=O)/C=C/c2ccn(C)n2)n(C)n1. The minimum atomic E-state index is -0.0706. The minimum Gasteiger partial charge on any atom is -0.288 e. The molecule has 0 aromatic carbocycles. The standard InChI is InChI=1S/C12H14N4O/c1-9-8-11(16(3)13-9)12(17)5-4-10-6-7-15(2)14-10/h4-8H,1-3H3/b5-4+. The Morgan fingerprint density at radius 2 is 2.12 bits per heavy atom. The number of hydrogen-bond donors (Lipinski definition) is 0. The van der Waals surface area contributed by atoms with Crippen LogP contribution in [0.5, 0.6) is 0 Å². The van der Waals surface area contributed by atoms with Gasteiger partial charge in [-0.25, -0.2) is 0 Å². The number of carbonyl (C=O) groups is 1. The molecule has 0 unspecified atom stereocenters. The summed E-state index contributed by atoms with van der Waals surface area (Å²) in [5, 5.41) is 8.29. The van der Waals surface area contributed by atoms with Crippen molar-refractivity contribution in [2.45, 2.75) is 6.92 Å². The summed E-state index contributed by atoms with van der Waals surface area (Å²) in [6.07, 6.45) is 5.04. The molecule has 0 aliphatic rings. The number of rotatable bonds is 3. The molecule has 0 radical (unpaired) electrons. The quantitative estimate of drug-likeness (QED) is 0.591. The fourth-order valence-corrected chi connectivity index (χ4v) is 1.61. The van der Waals surface area contributed by atoms with E-state index in [4.69, 9.17) is 0 Å². The van der Waals surface area contributed by atoms with Gasteiger partial charge in [-0.1, -0.05) is 0 Å². The molecule has 0 bridgehead atoms. The number of aryl methyl sites for hydroxylation is 3. The molecule has 2 heterocycles. The first kappa shape index (κ1) is 11.3. The van der Waals surface area contributed by atoms with Gasteiger partial charge in [0.2, 0.25) is 5.78 Å². The normalized spacial score (nSPS) is 11.2. The highest BCUT2D eigenvalue weighted by Crippen LogP contribution is 2.05. The van der Waals surface area contributed by atoms with Gasteiger partial charge in [0.1, 0.15) is 5.69 Å². The lowest BCUT2D eigenvalue weighted by molar-refractivity contribution is 0.103. The maximum atomic E-state index is 11.9. The number of nitrogens with zero attached hydrogens (tertiary/aromatic N) is 4. The van der Waals surface area contributed by atoms with E-state index in [1.54, 1.807) is 28.6 Å². The Bertz CT molecular complexity index is 577. The molecule has 0 aliphatic heterocycles. The molecule has 0 amide bonds. The summed E-state index contributed by atoms with van der Waals surface area (Å²) in [6, 6.07) is 3.61. The number of hydrogen-bond acceptors (Lipinski definition) is 3. The first-order valence-electron chi connectivity index (χ1n) is 5.29. The van der Waals surface area contributed by atoms with E-state index in [0.29, 0.717) is 5.69 Å². The predicted octanol–water partition coefficient (Wildman–Crippen LogP) is 1.36. The van der Waals surface area contributed by atoms with Crippen LogP contribution in [0.15, 0.2) is 24.4 Å². The van der Waals surface area contributed by atoms with Gasteiger partial charge in [-0.3, -0.25) is 14.2 Å². The van der Waals surface area contributed by atoms with Crippen LogP contribution < -0.4 is 0 Å². The molecule has 5 heteroatoms. The second-order valence-corrected chi connectivity index (χ2v) is 3.91. The van der Waals surface area contributed by atoms with E-state index >= 15 is 0 Å². The van der Waals surface area contributed by atoms with Crippen molar-refractivity contribution in [3.8, 4) is 0 Å². The van der Waals surface area contributed by atoms with Crippen LogP contribution in [0.3, 0.4) is 0 Å². The summed E-state index contributed by atoms with van der Waals surface area (Å²) in [4.78, 5) is 11.9. The molecular weight excluding hydrogens is 216 g/mol. The van der Waals surface area contributed by atoms with Crippen molar-refractivity contribution in [1.29, 1.82) is 0 Å². The molecule has 0 aliphatic carbocycles. The van der Waals surface area contributed by atoms with Crippen LogP contribution in [0.1, 0.15) is 21.9 Å². The highest BCUT2D eigenvalue weighted by molar-refractivity contribution is 6.05. The average molecular weight is 230 g/mol. The Kier molecular flexibility index (Phi) is 2.91. The molecule has 0 spiro atoms. The fourth-order valence-electron chi connectivity index (χ4n) is 1.61. The van der Waals surface area contributed by atoms with Crippen LogP contribution in [0.2, 0.25) is 0 Å². The van der Waals surface area contributed by atoms with E-state index in [1.807, 2.05) is 26.2 Å². The van der Waals surface area contributed by atoms with E-state index in [0.717, 1.165) is 11.4 Å². The van der Waals surface area contributed by atoms with Crippen LogP contribution >= 0.6 is 0 Å². The van der Waals surface area contributed by atoms with Crippen LogP contribution in [0.4, 0.5) is 0 Å². The van der Waals surface area contributed by atoms with Crippen molar-refractivity contribution in [2.24, 2.45) is 14.1 Å². The van der Waals surface area contributed by atoms with Gasteiger partial charge in [0.25, 0.3) is 0 Å². The van der Waals surface area contributed by atoms with E-state index < -0.39 is 0 Å². The third-order valence-electron chi connectivity index (χ3n) is 2.39. The smallest absolute Gasteiger partial charge is 0.203 e. The Morgan fingerprint density at radius 1 is 1.35 bits per heavy atom. The maximum Gasteiger partial charge on any atom is 0.203 e. The number of ketones is 1. The lowest BCUT2D eigenvalue weighted by atomic mass is 10.2. The lowest BCUT2D eigenvalue weighted by Gasteiger charge is -1.94. The second kappa shape index (κ2) is 4.37. The monoisotopic (exact) mass is 230 g/mol. The van der Waals surface area contributed by atoms with Crippen molar-refractivity contribution in [1.82, 2.24) is 19.6 Å². The minimum absolute atomic E-state index is 0.0706. The Balaban J connectivity index is 2.17. The molecule has 0 atom stereocenters. The van der Waals surface area contributed by atoms with Crippen molar-refractivity contribution < 1.29 is 4.79 Å². The summed E-state index contributed by atoms with van der Waals surface area (Å²) in [5.41, 5.74) is 2.18. The van der Waals surface area contributed by atoms with Gasteiger partial charge in [0.15, 0.2) is 0 Å². The summed E-state index contributed by atoms with van der Waals surface area (Å²) < 4.78 is 3.28. The molecule has 0 saturated carbocycles. The number of carbonyl (C=O) groups excluding carboxylic acids is 1. The zero-order chi connectivity index (χ0) is 12.4. The van der Waals surface area contributed by atoms with Crippen molar-refractivity contribution in [2.75, 3.05) is 0 Å². The van der Waals surface area contributed by atoms with Gasteiger partial charge < -0.3 is 0 Å². The summed E-state index contributed by atoms with van der Waals surface area (Å²) >= 11 is 0. The third kappa shape index (κ3) is 2.50. The zero-order valence-electron chi connectivity index (χ0n) is 10.1. The van der Waals surface area contributed by atoms with Crippen LogP contribution in [-0.4, -0.2) is 25.3 Å². The maximum absolute atomic E-state index is 11.9. The van der Waals surface area contributed by atoms with E-state index in [1.165, 1.54) is 6.08 Å². The molecule has 0 saturated heterocycles. The van der Waals surface area contributed by atoms with Crippen molar-refractivity contribution in [3.05, 3.63) is 41.5 Å². The second-order valence-electron chi connectivity index (χ2n) is 3.91. The largest absolute Gasteiger partial charge is 0.288 e. The summed E-state index contributed by atoms with van der Waals surface area (Å²) in [5.74, 6) is -0.0706. The van der Waals surface area contributed by atoms with Crippen LogP contribution in [0.25, 0.3) is 6.08 Å². The molecule has 88 valence electrons. The molecule has 5 nitrogen and oxygen atoms in total. The predicted molar refractivity (Wildman–Crippen MR) is 64.5 cm³/mol. The average Bonchev–Trinajstić information content (AvgIpc) is 2.81. The van der Waals surface area contributed by atoms with Gasteiger partial charge >= 0.3 is 0 Å². The molecule has 17 heavy (non-hydrogen) atoms. The highest BCUT2D eigenvalue weighted by Gasteiger charge is 2.08. The van der Waals surface area contributed by atoms with E-state index in [-0.39, 0.29) is 5.78 Å². The zero-order valence-corrected chi connectivity index (χ0v) is 10.1. The van der Waals surface area contributed by atoms with Gasteiger partial charge in [0, 0.05) is 20.3 Å². The summed E-state index contributed by atoms with van der Waals surface area (Å²) in [6.45, 7) is 1.86. The first-order chi connectivity index (χ1) is 8.06. The number of allylic oxidation sites excluding steroid dienone is 1. The lowest BCUT2D eigenvalue weighted by Crippen LogP contribution is -2.03.